The molecule has 1 heterocycles. The van der Waals surface area contributed by atoms with Crippen molar-refractivity contribution in [1.82, 2.24) is 10.3 Å². The van der Waals surface area contributed by atoms with Gasteiger partial charge >= 0.3 is 0 Å². The van der Waals surface area contributed by atoms with E-state index in [1.807, 2.05) is 36.4 Å². The van der Waals surface area contributed by atoms with Gasteiger partial charge in [-0.3, -0.25) is 9.69 Å². The molecular weight excluding hydrogens is 374 g/mol. The van der Waals surface area contributed by atoms with Crippen molar-refractivity contribution < 1.29 is 9.53 Å². The lowest BCUT2D eigenvalue weighted by Gasteiger charge is -2.25. The zero-order chi connectivity index (χ0) is 20.6. The van der Waals surface area contributed by atoms with Crippen molar-refractivity contribution in [3.05, 3.63) is 77.9 Å². The maximum absolute atomic E-state index is 12.0. The summed E-state index contributed by atoms with van der Waals surface area (Å²) < 4.78 is 5.96. The van der Waals surface area contributed by atoms with E-state index in [9.17, 15) is 4.79 Å². The first-order chi connectivity index (χ1) is 14.8. The number of hydrazone groups is 1. The molecule has 5 heteroatoms. The van der Waals surface area contributed by atoms with Crippen molar-refractivity contribution >= 4 is 22.9 Å². The van der Waals surface area contributed by atoms with Crippen LogP contribution in [0, 0.1) is 0 Å². The van der Waals surface area contributed by atoms with E-state index in [2.05, 4.69) is 45.8 Å². The second-order valence-electron chi connectivity index (χ2n) is 7.63. The maximum atomic E-state index is 12.0. The number of carbonyl (C=O) groups is 1. The van der Waals surface area contributed by atoms with E-state index in [4.69, 9.17) is 4.74 Å². The number of benzene rings is 3. The van der Waals surface area contributed by atoms with Crippen LogP contribution in [-0.2, 0) is 11.4 Å². The highest BCUT2D eigenvalue weighted by atomic mass is 16.5. The van der Waals surface area contributed by atoms with Crippen molar-refractivity contribution in [2.24, 2.45) is 5.10 Å². The van der Waals surface area contributed by atoms with Crippen molar-refractivity contribution in [1.29, 1.82) is 0 Å². The topological polar surface area (TPSA) is 53.9 Å². The SMILES string of the molecule is O=C(CN1CCCCC1)N/N=C\c1ccc(OCc2cccc3ccccc23)cc1. The largest absolute Gasteiger partial charge is 0.489 e. The Balaban J connectivity index is 1.27. The molecule has 0 aliphatic carbocycles. The summed E-state index contributed by atoms with van der Waals surface area (Å²) in [5.41, 5.74) is 4.68. The van der Waals surface area contributed by atoms with Gasteiger partial charge < -0.3 is 4.74 Å². The summed E-state index contributed by atoms with van der Waals surface area (Å²) in [5, 5.41) is 6.50. The Hall–Kier alpha value is -3.18. The number of hydrogen-bond donors (Lipinski definition) is 1. The molecule has 1 saturated heterocycles. The molecule has 0 bridgehead atoms. The van der Waals surface area contributed by atoms with Gasteiger partial charge in [0, 0.05) is 0 Å². The van der Waals surface area contributed by atoms with Crippen LogP contribution in [-0.4, -0.2) is 36.7 Å². The molecule has 0 radical (unpaired) electrons. The van der Waals surface area contributed by atoms with E-state index >= 15 is 0 Å². The van der Waals surface area contributed by atoms with Gasteiger partial charge in [0.2, 0.25) is 0 Å². The quantitative estimate of drug-likeness (QED) is 0.473. The normalized spacial score (nSPS) is 14.8. The van der Waals surface area contributed by atoms with Crippen LogP contribution < -0.4 is 10.2 Å². The Kier molecular flexibility index (Phi) is 6.72. The summed E-state index contributed by atoms with van der Waals surface area (Å²) in [5.74, 6) is 0.734. The van der Waals surface area contributed by atoms with Crippen LogP contribution in [0.4, 0.5) is 0 Å². The molecule has 1 aliphatic rings. The molecule has 0 spiro atoms. The van der Waals surface area contributed by atoms with Gasteiger partial charge in [0.25, 0.3) is 5.91 Å². The molecule has 1 amide bonds. The molecule has 154 valence electrons. The van der Waals surface area contributed by atoms with Gasteiger partial charge in [-0.05, 0) is 72.1 Å². The third-order valence-electron chi connectivity index (χ3n) is 5.37. The predicted molar refractivity (Wildman–Crippen MR) is 121 cm³/mol. The first-order valence-electron chi connectivity index (χ1n) is 10.5. The Labute approximate surface area is 177 Å². The van der Waals surface area contributed by atoms with Crippen molar-refractivity contribution in [3.63, 3.8) is 0 Å². The lowest BCUT2D eigenvalue weighted by atomic mass is 10.1. The van der Waals surface area contributed by atoms with E-state index in [0.717, 1.165) is 30.0 Å². The van der Waals surface area contributed by atoms with E-state index in [-0.39, 0.29) is 5.91 Å². The smallest absolute Gasteiger partial charge is 0.254 e. The fourth-order valence-electron chi connectivity index (χ4n) is 3.76. The number of rotatable bonds is 7. The summed E-state index contributed by atoms with van der Waals surface area (Å²) in [4.78, 5) is 14.2. The minimum Gasteiger partial charge on any atom is -0.489 e. The zero-order valence-corrected chi connectivity index (χ0v) is 17.1. The third-order valence-corrected chi connectivity index (χ3v) is 5.37. The Bertz CT molecular complexity index is 1000. The number of ether oxygens (including phenoxy) is 1. The van der Waals surface area contributed by atoms with Crippen LogP contribution in [0.3, 0.4) is 0 Å². The summed E-state index contributed by atoms with van der Waals surface area (Å²) >= 11 is 0. The van der Waals surface area contributed by atoms with Crippen molar-refractivity contribution in [2.45, 2.75) is 25.9 Å². The molecule has 30 heavy (non-hydrogen) atoms. The number of piperidine rings is 1. The summed E-state index contributed by atoms with van der Waals surface area (Å²) in [6.45, 7) is 2.92. The highest BCUT2D eigenvalue weighted by Gasteiger charge is 2.13. The fourth-order valence-corrected chi connectivity index (χ4v) is 3.76. The van der Waals surface area contributed by atoms with Crippen molar-refractivity contribution in [2.75, 3.05) is 19.6 Å². The summed E-state index contributed by atoms with van der Waals surface area (Å²) in [6.07, 6.45) is 5.26. The molecule has 0 unspecified atom stereocenters. The van der Waals surface area contributed by atoms with Gasteiger partial charge in [0.15, 0.2) is 0 Å². The molecule has 3 aromatic carbocycles. The van der Waals surface area contributed by atoms with Crippen LogP contribution in [0.1, 0.15) is 30.4 Å². The van der Waals surface area contributed by atoms with E-state index in [0.29, 0.717) is 13.2 Å². The minimum absolute atomic E-state index is 0.0665. The average Bonchev–Trinajstić information content (AvgIpc) is 2.79. The Morgan fingerprint density at radius 2 is 1.73 bits per heavy atom. The molecule has 1 N–H and O–H groups in total. The molecule has 3 aromatic rings. The molecule has 0 atom stereocenters. The number of fused-ring (bicyclic) bond motifs is 1. The van der Waals surface area contributed by atoms with Gasteiger partial charge in [-0.25, -0.2) is 5.43 Å². The molecule has 0 saturated carbocycles. The van der Waals surface area contributed by atoms with Gasteiger partial charge in [0.05, 0.1) is 12.8 Å². The monoisotopic (exact) mass is 401 g/mol. The summed E-state index contributed by atoms with van der Waals surface area (Å²) in [6, 6.07) is 22.3. The number of hydrogen-bond acceptors (Lipinski definition) is 4. The number of nitrogens with one attached hydrogen (secondary N) is 1. The van der Waals surface area contributed by atoms with Crippen LogP contribution in [0.15, 0.2) is 71.8 Å². The van der Waals surface area contributed by atoms with Gasteiger partial charge in [0.1, 0.15) is 12.4 Å². The molecule has 1 fully saturated rings. The maximum Gasteiger partial charge on any atom is 0.254 e. The zero-order valence-electron chi connectivity index (χ0n) is 17.1. The number of nitrogens with zero attached hydrogens (tertiary/aromatic N) is 2. The third kappa shape index (κ3) is 5.45. The molecular formula is C25H27N3O2. The standard InChI is InChI=1S/C25H27N3O2/c29-25(18-28-15-4-1-5-16-28)27-26-17-20-11-13-23(14-12-20)30-19-22-9-6-8-21-7-2-3-10-24(21)22/h2-3,6-14,17H,1,4-5,15-16,18-19H2,(H,27,29)/b26-17-. The molecule has 1 aliphatic heterocycles. The Morgan fingerprint density at radius 1 is 0.967 bits per heavy atom. The highest BCUT2D eigenvalue weighted by Crippen LogP contribution is 2.21. The predicted octanol–water partition coefficient (Wildman–Crippen LogP) is 4.35. The Morgan fingerprint density at radius 3 is 2.57 bits per heavy atom. The molecule has 0 aromatic heterocycles. The lowest BCUT2D eigenvalue weighted by molar-refractivity contribution is -0.122. The van der Waals surface area contributed by atoms with Crippen LogP contribution >= 0.6 is 0 Å². The highest BCUT2D eigenvalue weighted by molar-refractivity contribution is 5.85. The van der Waals surface area contributed by atoms with Gasteiger partial charge in [-0.1, -0.05) is 48.9 Å². The van der Waals surface area contributed by atoms with Crippen LogP contribution in [0.25, 0.3) is 10.8 Å². The van der Waals surface area contributed by atoms with Gasteiger partial charge in [-0.15, -0.1) is 0 Å². The first-order valence-corrected chi connectivity index (χ1v) is 10.5. The number of carbonyl (C=O) groups excluding carboxylic acids is 1. The number of amides is 1. The average molecular weight is 402 g/mol. The van der Waals surface area contributed by atoms with Crippen molar-refractivity contribution in [3.8, 4) is 5.75 Å². The number of likely N-dealkylation sites (tertiary alicyclic amines) is 1. The second-order valence-corrected chi connectivity index (χ2v) is 7.63. The van der Waals surface area contributed by atoms with E-state index < -0.39 is 0 Å². The molecule has 4 rings (SSSR count). The summed E-state index contributed by atoms with van der Waals surface area (Å²) in [7, 11) is 0. The van der Waals surface area contributed by atoms with Crippen LogP contribution in [0.5, 0.6) is 5.75 Å². The van der Waals surface area contributed by atoms with Gasteiger partial charge in [-0.2, -0.15) is 5.10 Å². The fraction of sp³-hybridized carbons (Fsp3) is 0.280. The van der Waals surface area contributed by atoms with E-state index in [1.54, 1.807) is 6.21 Å². The van der Waals surface area contributed by atoms with E-state index in [1.165, 1.54) is 30.0 Å². The second kappa shape index (κ2) is 10.0. The lowest BCUT2D eigenvalue weighted by Crippen LogP contribution is -2.38. The minimum atomic E-state index is -0.0665. The first kappa shape index (κ1) is 20.1. The van der Waals surface area contributed by atoms with Crippen LogP contribution in [0.2, 0.25) is 0 Å². The molecule has 5 nitrogen and oxygen atoms in total.